The molecule has 0 amide bonds. The number of rotatable bonds is 6. The first-order chi connectivity index (χ1) is 15.8. The van der Waals surface area contributed by atoms with Crippen LogP contribution in [0.2, 0.25) is 0 Å². The zero-order valence-corrected chi connectivity index (χ0v) is 22.4. The van der Waals surface area contributed by atoms with Gasteiger partial charge < -0.3 is 15.3 Å². The summed E-state index contributed by atoms with van der Waals surface area (Å²) in [6, 6.07) is 0. The van der Waals surface area contributed by atoms with Gasteiger partial charge in [0.2, 0.25) is 0 Å². The summed E-state index contributed by atoms with van der Waals surface area (Å²) in [6.07, 6.45) is 13.7. The van der Waals surface area contributed by atoms with E-state index in [1.54, 1.807) is 6.92 Å². The monoisotopic (exact) mass is 472 g/mol. The van der Waals surface area contributed by atoms with Gasteiger partial charge in [-0.2, -0.15) is 0 Å². The smallest absolute Gasteiger partial charge is 0.330 e. The molecule has 4 heteroatoms. The van der Waals surface area contributed by atoms with Crippen LogP contribution in [0.15, 0.2) is 23.3 Å². The van der Waals surface area contributed by atoms with E-state index in [0.29, 0.717) is 40.1 Å². The molecule has 0 radical (unpaired) electrons. The number of fused-ring (bicyclic) bond motifs is 5. The van der Waals surface area contributed by atoms with Gasteiger partial charge in [0.25, 0.3) is 0 Å². The van der Waals surface area contributed by atoms with Crippen molar-refractivity contribution in [3.05, 3.63) is 23.3 Å². The highest BCUT2D eigenvalue weighted by atomic mass is 16.4. The summed E-state index contributed by atoms with van der Waals surface area (Å²) in [7, 11) is 0. The largest absolute Gasteiger partial charge is 0.478 e. The number of aliphatic hydroxyl groups excluding tert-OH is 2. The zero-order valence-electron chi connectivity index (χ0n) is 22.4. The predicted octanol–water partition coefficient (Wildman–Crippen LogP) is 6.37. The summed E-state index contributed by atoms with van der Waals surface area (Å²) in [5.74, 6) is 1.57. The molecule has 192 valence electrons. The Bertz CT molecular complexity index is 875. The van der Waals surface area contributed by atoms with Crippen LogP contribution in [0.4, 0.5) is 0 Å². The first kappa shape index (κ1) is 25.9. The van der Waals surface area contributed by atoms with Crippen LogP contribution in [0, 0.1) is 45.3 Å². The summed E-state index contributed by atoms with van der Waals surface area (Å²) in [4.78, 5) is 11.2. The molecule has 0 aromatic heterocycles. The summed E-state index contributed by atoms with van der Waals surface area (Å²) < 4.78 is 0. The first-order valence-corrected chi connectivity index (χ1v) is 13.7. The second kappa shape index (κ2) is 8.76. The molecule has 4 nitrogen and oxygen atoms in total. The molecule has 0 saturated heterocycles. The summed E-state index contributed by atoms with van der Waals surface area (Å²) in [5, 5.41) is 30.2. The maximum Gasteiger partial charge on any atom is 0.330 e. The number of hydrogen-bond acceptors (Lipinski definition) is 3. The van der Waals surface area contributed by atoms with E-state index in [-0.39, 0.29) is 12.0 Å². The Morgan fingerprint density at radius 3 is 2.47 bits per heavy atom. The summed E-state index contributed by atoms with van der Waals surface area (Å²) >= 11 is 0. The number of allylic oxidation sites excluding steroid dienone is 2. The fourth-order valence-corrected chi connectivity index (χ4v) is 9.56. The van der Waals surface area contributed by atoms with Gasteiger partial charge in [-0.25, -0.2) is 4.79 Å². The maximum atomic E-state index is 11.2. The van der Waals surface area contributed by atoms with Crippen molar-refractivity contribution >= 4 is 5.97 Å². The average molecular weight is 473 g/mol. The fraction of sp³-hybridized carbons (Fsp3) is 0.833. The normalized spacial score (nSPS) is 47.3. The topological polar surface area (TPSA) is 77.8 Å². The Balaban J connectivity index is 1.59. The highest BCUT2D eigenvalue weighted by Gasteiger charge is 2.67. The van der Waals surface area contributed by atoms with Gasteiger partial charge in [-0.3, -0.25) is 0 Å². The van der Waals surface area contributed by atoms with Gasteiger partial charge in [0.1, 0.15) is 0 Å². The van der Waals surface area contributed by atoms with Crippen LogP contribution in [0.1, 0.15) is 99.3 Å². The van der Waals surface area contributed by atoms with Crippen molar-refractivity contribution < 1.29 is 20.1 Å². The van der Waals surface area contributed by atoms with Crippen molar-refractivity contribution in [1.82, 2.24) is 0 Å². The van der Waals surface area contributed by atoms with Crippen molar-refractivity contribution in [2.75, 3.05) is 6.61 Å². The highest BCUT2D eigenvalue weighted by Crippen LogP contribution is 2.74. The van der Waals surface area contributed by atoms with E-state index in [9.17, 15) is 15.0 Å². The van der Waals surface area contributed by atoms with Crippen LogP contribution in [0.25, 0.3) is 0 Å². The Morgan fingerprint density at radius 1 is 1.12 bits per heavy atom. The van der Waals surface area contributed by atoms with Gasteiger partial charge in [-0.1, -0.05) is 52.3 Å². The lowest BCUT2D eigenvalue weighted by atomic mass is 9.39. The van der Waals surface area contributed by atoms with Crippen LogP contribution in [-0.4, -0.2) is 34.0 Å². The van der Waals surface area contributed by atoms with E-state index < -0.39 is 17.5 Å². The minimum absolute atomic E-state index is 0.0294. The Morgan fingerprint density at radius 2 is 1.82 bits per heavy atom. The van der Waals surface area contributed by atoms with Crippen molar-refractivity contribution in [2.45, 2.75) is 105 Å². The first-order valence-electron chi connectivity index (χ1n) is 13.7. The van der Waals surface area contributed by atoms with Crippen molar-refractivity contribution in [3.8, 4) is 0 Å². The Hall–Kier alpha value is -1.13. The Labute approximate surface area is 206 Å². The molecule has 4 aliphatic rings. The van der Waals surface area contributed by atoms with E-state index in [1.807, 2.05) is 6.08 Å². The lowest BCUT2D eigenvalue weighted by Crippen LogP contribution is -2.59. The molecule has 0 heterocycles. The van der Waals surface area contributed by atoms with E-state index >= 15 is 0 Å². The quantitative estimate of drug-likeness (QED) is 0.310. The summed E-state index contributed by atoms with van der Waals surface area (Å²) in [5.41, 5.74) is 2.13. The molecule has 0 aromatic rings. The molecular weight excluding hydrogens is 424 g/mol. The Kier molecular flexibility index (Phi) is 6.69. The van der Waals surface area contributed by atoms with Crippen LogP contribution in [-0.2, 0) is 4.79 Å². The average Bonchev–Trinajstić information content (AvgIpc) is 3.07. The second-order valence-corrected chi connectivity index (χ2v) is 13.4. The number of aliphatic carboxylic acids is 1. The van der Waals surface area contributed by atoms with E-state index in [4.69, 9.17) is 5.11 Å². The fourth-order valence-electron chi connectivity index (χ4n) is 9.56. The lowest BCUT2D eigenvalue weighted by Gasteiger charge is -2.66. The summed E-state index contributed by atoms with van der Waals surface area (Å²) in [6.45, 7) is 13.9. The van der Waals surface area contributed by atoms with Crippen LogP contribution in [0.3, 0.4) is 0 Å². The van der Waals surface area contributed by atoms with E-state index in [0.717, 1.165) is 32.1 Å². The molecule has 4 rings (SSSR count). The third kappa shape index (κ3) is 3.57. The van der Waals surface area contributed by atoms with E-state index in [1.165, 1.54) is 31.3 Å². The minimum Gasteiger partial charge on any atom is -0.478 e. The molecule has 9 atom stereocenters. The number of carboxylic acid groups (broad SMARTS) is 1. The van der Waals surface area contributed by atoms with Gasteiger partial charge in [0, 0.05) is 11.0 Å². The van der Waals surface area contributed by atoms with Gasteiger partial charge in [0.15, 0.2) is 0 Å². The lowest BCUT2D eigenvalue weighted by molar-refractivity contribution is -0.148. The van der Waals surface area contributed by atoms with Crippen molar-refractivity contribution in [3.63, 3.8) is 0 Å². The SMILES string of the molecule is C/C(=C\CC[C@@H](C)[C@H]1CC[C@@]2(C)[C@@H]3CC=C4[C@@H](CC[C@@H](O)[C@]4(C)CO)[C@]3(C)CC[C@]12C)C(=O)O. The van der Waals surface area contributed by atoms with Crippen LogP contribution in [0.5, 0.6) is 0 Å². The minimum atomic E-state index is -0.808. The molecule has 0 spiro atoms. The third-order valence-corrected chi connectivity index (χ3v) is 12.1. The zero-order chi connectivity index (χ0) is 25.1. The molecule has 34 heavy (non-hydrogen) atoms. The van der Waals surface area contributed by atoms with Crippen molar-refractivity contribution in [1.29, 1.82) is 0 Å². The standard InChI is InChI=1S/C30H48O4/c1-19(8-7-9-20(2)26(33)34)21-14-15-30(6)24-12-10-23-22(11-13-25(32)28(23,4)18-31)27(24,3)16-17-29(21,30)5/h9-10,19,21-22,24-25,31-32H,7-8,11-18H2,1-6H3,(H,33,34)/b20-9+/t19-,21-,22-,24-,25-,27+,28-,29-,30+/m1/s1. The molecule has 0 bridgehead atoms. The number of aliphatic hydroxyl groups is 2. The van der Waals surface area contributed by atoms with Gasteiger partial charge >= 0.3 is 5.97 Å². The molecule has 0 unspecified atom stereocenters. The number of carbonyl (C=O) groups is 1. The number of hydrogen-bond donors (Lipinski definition) is 3. The van der Waals surface area contributed by atoms with Crippen LogP contribution < -0.4 is 0 Å². The van der Waals surface area contributed by atoms with Gasteiger partial charge in [-0.05, 0) is 105 Å². The molecule has 3 N–H and O–H groups in total. The van der Waals surface area contributed by atoms with Gasteiger partial charge in [0.05, 0.1) is 12.7 Å². The predicted molar refractivity (Wildman–Crippen MR) is 136 cm³/mol. The molecule has 3 fully saturated rings. The molecule has 0 aliphatic heterocycles. The van der Waals surface area contributed by atoms with Gasteiger partial charge in [-0.15, -0.1) is 0 Å². The molecule has 4 aliphatic carbocycles. The van der Waals surface area contributed by atoms with Crippen molar-refractivity contribution in [2.24, 2.45) is 45.3 Å². The molecular formula is C30H48O4. The van der Waals surface area contributed by atoms with E-state index in [2.05, 4.69) is 40.7 Å². The maximum absolute atomic E-state index is 11.2. The molecule has 3 saturated carbocycles. The van der Waals surface area contributed by atoms with Crippen LogP contribution >= 0.6 is 0 Å². The highest BCUT2D eigenvalue weighted by molar-refractivity contribution is 5.85. The number of carboxylic acids is 1. The molecule has 0 aromatic carbocycles. The third-order valence-electron chi connectivity index (χ3n) is 12.1. The second-order valence-electron chi connectivity index (χ2n) is 13.4.